The number of rotatable bonds is 3. The molecule has 3 aliphatic rings. The fraction of sp³-hybridized carbons (Fsp3) is 0.579. The van der Waals surface area contributed by atoms with E-state index in [0.29, 0.717) is 23.2 Å². The molecule has 0 bridgehead atoms. The molecule has 1 saturated carbocycles. The molecule has 2 aromatic heterocycles. The molecule has 4 heterocycles. The molecule has 0 radical (unpaired) electrons. The van der Waals surface area contributed by atoms with E-state index in [9.17, 15) is 13.2 Å². The number of halogens is 3. The van der Waals surface area contributed by atoms with Gasteiger partial charge in [-0.2, -0.15) is 13.2 Å². The lowest BCUT2D eigenvalue weighted by Gasteiger charge is -2.44. The van der Waals surface area contributed by atoms with Gasteiger partial charge >= 0.3 is 6.18 Å². The molecule has 2 aromatic rings. The predicted molar refractivity (Wildman–Crippen MR) is 92.0 cm³/mol. The Kier molecular flexibility index (Phi) is 3.84. The minimum Gasteiger partial charge on any atom is -0.378 e. The maximum atomic E-state index is 13.2. The van der Waals surface area contributed by atoms with Gasteiger partial charge in [-0.05, 0) is 31.7 Å². The molecule has 144 valence electrons. The topological polar surface area (TPSA) is 43.2 Å². The summed E-state index contributed by atoms with van der Waals surface area (Å²) >= 11 is 0. The molecule has 8 heteroatoms. The Morgan fingerprint density at radius 1 is 1.19 bits per heavy atom. The number of ether oxygens (including phenoxy) is 1. The van der Waals surface area contributed by atoms with Crippen LogP contribution in [0.5, 0.6) is 0 Å². The minimum atomic E-state index is -4.41. The molecule has 1 atom stereocenters. The van der Waals surface area contributed by atoms with Crippen molar-refractivity contribution in [1.82, 2.24) is 19.4 Å². The molecule has 0 amide bonds. The lowest BCUT2D eigenvalue weighted by molar-refractivity contribution is -0.138. The number of aryl methyl sites for hydroxylation is 1. The summed E-state index contributed by atoms with van der Waals surface area (Å²) in [6, 6.07) is 1.84. The lowest BCUT2D eigenvalue weighted by Crippen LogP contribution is -2.54. The second-order valence-electron chi connectivity index (χ2n) is 7.74. The van der Waals surface area contributed by atoms with Gasteiger partial charge in [-0.1, -0.05) is 0 Å². The van der Waals surface area contributed by atoms with Crippen molar-refractivity contribution in [3.8, 4) is 11.3 Å². The lowest BCUT2D eigenvalue weighted by atomic mass is 10.0. The Balaban J connectivity index is 1.52. The van der Waals surface area contributed by atoms with Crippen molar-refractivity contribution in [3.05, 3.63) is 35.5 Å². The summed E-state index contributed by atoms with van der Waals surface area (Å²) in [6.45, 7) is 4.62. The van der Waals surface area contributed by atoms with Crippen LogP contribution in [-0.2, 0) is 17.5 Å². The van der Waals surface area contributed by atoms with Gasteiger partial charge in [-0.3, -0.25) is 9.88 Å². The summed E-state index contributed by atoms with van der Waals surface area (Å²) in [5.41, 5.74) is 0.281. The molecule has 1 unspecified atom stereocenters. The first-order valence-corrected chi connectivity index (χ1v) is 9.36. The number of pyridine rings is 1. The smallest absolute Gasteiger partial charge is 0.378 e. The van der Waals surface area contributed by atoms with E-state index in [1.165, 1.54) is 32.0 Å². The van der Waals surface area contributed by atoms with Crippen molar-refractivity contribution >= 4 is 0 Å². The zero-order valence-corrected chi connectivity index (χ0v) is 15.0. The highest BCUT2D eigenvalue weighted by Gasteiger charge is 2.45. The molecule has 0 spiro atoms. The van der Waals surface area contributed by atoms with E-state index in [1.54, 1.807) is 0 Å². The van der Waals surface area contributed by atoms with E-state index < -0.39 is 11.7 Å². The average Bonchev–Trinajstić information content (AvgIpc) is 3.30. The Hall–Kier alpha value is -1.93. The molecular weight excluding hydrogens is 357 g/mol. The Morgan fingerprint density at radius 3 is 2.59 bits per heavy atom. The van der Waals surface area contributed by atoms with Crippen LogP contribution in [0.25, 0.3) is 11.3 Å². The number of nitrogens with zero attached hydrogens (tertiary/aromatic N) is 4. The summed E-state index contributed by atoms with van der Waals surface area (Å²) in [5.74, 6) is 1.56. The van der Waals surface area contributed by atoms with E-state index in [2.05, 4.69) is 14.5 Å². The van der Waals surface area contributed by atoms with Gasteiger partial charge in [0.25, 0.3) is 0 Å². The molecule has 0 aromatic carbocycles. The first kappa shape index (κ1) is 17.2. The van der Waals surface area contributed by atoms with Crippen molar-refractivity contribution in [2.75, 3.05) is 19.8 Å². The molecule has 0 N–H and O–H groups in total. The highest BCUT2D eigenvalue weighted by molar-refractivity contribution is 5.59. The van der Waals surface area contributed by atoms with Crippen molar-refractivity contribution in [2.45, 2.75) is 44.6 Å². The maximum absolute atomic E-state index is 13.2. The van der Waals surface area contributed by atoms with Crippen LogP contribution in [0.2, 0.25) is 0 Å². The number of hydrogen-bond donors (Lipinski definition) is 0. The highest BCUT2D eigenvalue weighted by Crippen LogP contribution is 2.47. The molecule has 1 saturated heterocycles. The van der Waals surface area contributed by atoms with Crippen LogP contribution < -0.4 is 0 Å². The van der Waals surface area contributed by atoms with Crippen LogP contribution in [0, 0.1) is 12.8 Å². The van der Waals surface area contributed by atoms with Crippen molar-refractivity contribution < 1.29 is 17.9 Å². The molecule has 5 rings (SSSR count). The van der Waals surface area contributed by atoms with Crippen LogP contribution in [0.15, 0.2) is 18.5 Å². The summed E-state index contributed by atoms with van der Waals surface area (Å²) in [5, 5.41) is 0. The predicted octanol–water partition coefficient (Wildman–Crippen LogP) is 3.44. The summed E-state index contributed by atoms with van der Waals surface area (Å²) in [4.78, 5) is 11.2. The molecule has 1 aliphatic carbocycles. The van der Waals surface area contributed by atoms with Crippen LogP contribution >= 0.6 is 0 Å². The summed E-state index contributed by atoms with van der Waals surface area (Å²) < 4.78 is 47.2. The maximum Gasteiger partial charge on any atom is 0.418 e. The van der Waals surface area contributed by atoms with Crippen molar-refractivity contribution in [2.24, 2.45) is 5.92 Å². The van der Waals surface area contributed by atoms with Gasteiger partial charge in [0.15, 0.2) is 0 Å². The van der Waals surface area contributed by atoms with Gasteiger partial charge in [0.05, 0.1) is 36.6 Å². The van der Waals surface area contributed by atoms with Gasteiger partial charge in [0.2, 0.25) is 0 Å². The van der Waals surface area contributed by atoms with Gasteiger partial charge in [0.1, 0.15) is 5.82 Å². The van der Waals surface area contributed by atoms with Crippen LogP contribution in [0.1, 0.15) is 36.0 Å². The molecule has 2 aliphatic heterocycles. The fourth-order valence-electron chi connectivity index (χ4n) is 4.17. The zero-order chi connectivity index (χ0) is 18.8. The van der Waals surface area contributed by atoms with Crippen LogP contribution in [-0.4, -0.2) is 45.2 Å². The number of hydrogen-bond acceptors (Lipinski definition) is 4. The Labute approximate surface area is 155 Å². The standard InChI is InChI=1S/C19H21F3N4O/c1-11-15(19(20,21)22)6-13(7-23-11)16-8-25-4-5-26(14-9-27-10-14)17(12-2-3-12)18(25)24-16/h6-8,12,14,17H,2-5,9-10H2,1H3. The molecule has 2 fully saturated rings. The summed E-state index contributed by atoms with van der Waals surface area (Å²) in [7, 11) is 0. The Morgan fingerprint density at radius 2 is 1.96 bits per heavy atom. The third-order valence-electron chi connectivity index (χ3n) is 5.87. The van der Waals surface area contributed by atoms with Gasteiger partial charge in [-0.15, -0.1) is 0 Å². The summed E-state index contributed by atoms with van der Waals surface area (Å²) in [6.07, 6.45) is 1.32. The first-order chi connectivity index (χ1) is 12.9. The monoisotopic (exact) mass is 378 g/mol. The molecular formula is C19H21F3N4O. The number of alkyl halides is 3. The molecule has 27 heavy (non-hydrogen) atoms. The number of fused-ring (bicyclic) bond motifs is 1. The normalized spacial score (nSPS) is 23.9. The van der Waals surface area contributed by atoms with Gasteiger partial charge in [-0.25, -0.2) is 4.98 Å². The van der Waals surface area contributed by atoms with Crippen molar-refractivity contribution in [3.63, 3.8) is 0 Å². The fourth-order valence-corrected chi connectivity index (χ4v) is 4.17. The Bertz CT molecular complexity index is 870. The van der Waals surface area contributed by atoms with Gasteiger partial charge in [0, 0.05) is 36.7 Å². The quantitative estimate of drug-likeness (QED) is 0.821. The van der Waals surface area contributed by atoms with Crippen LogP contribution in [0.4, 0.5) is 13.2 Å². The molecule has 5 nitrogen and oxygen atoms in total. The third kappa shape index (κ3) is 2.95. The highest BCUT2D eigenvalue weighted by atomic mass is 19.4. The van der Waals surface area contributed by atoms with E-state index in [0.717, 1.165) is 32.1 Å². The average molecular weight is 378 g/mol. The van der Waals surface area contributed by atoms with E-state index in [1.807, 2.05) is 6.20 Å². The second-order valence-corrected chi connectivity index (χ2v) is 7.74. The zero-order valence-electron chi connectivity index (χ0n) is 15.0. The SMILES string of the molecule is Cc1ncc(-c2cn3c(n2)C(C2CC2)N(C2COC2)CC3)cc1C(F)(F)F. The minimum absolute atomic E-state index is 0.0118. The van der Waals surface area contributed by atoms with E-state index in [-0.39, 0.29) is 11.7 Å². The largest absolute Gasteiger partial charge is 0.418 e. The third-order valence-corrected chi connectivity index (χ3v) is 5.87. The number of imidazole rings is 1. The van der Waals surface area contributed by atoms with E-state index >= 15 is 0 Å². The second kappa shape index (κ2) is 6.04. The first-order valence-electron chi connectivity index (χ1n) is 9.36. The number of aromatic nitrogens is 3. The van der Waals surface area contributed by atoms with Gasteiger partial charge < -0.3 is 9.30 Å². The van der Waals surface area contributed by atoms with Crippen molar-refractivity contribution in [1.29, 1.82) is 0 Å². The van der Waals surface area contributed by atoms with E-state index in [4.69, 9.17) is 9.72 Å². The van der Waals surface area contributed by atoms with Crippen LogP contribution in [0.3, 0.4) is 0 Å².